The summed E-state index contributed by atoms with van der Waals surface area (Å²) >= 11 is 0. The average molecular weight is 314 g/mol. The fraction of sp³-hybridized carbons (Fsp3) is 0.333. The van der Waals surface area contributed by atoms with Crippen molar-refractivity contribution < 1.29 is 4.74 Å². The molecule has 0 aromatic heterocycles. The summed E-state index contributed by atoms with van der Waals surface area (Å²) < 4.78 is 6.15. The van der Waals surface area contributed by atoms with E-state index in [4.69, 9.17) is 4.74 Å². The Balaban J connectivity index is 1.64. The van der Waals surface area contributed by atoms with Gasteiger partial charge in [0.1, 0.15) is 0 Å². The van der Waals surface area contributed by atoms with Crippen molar-refractivity contribution in [2.24, 2.45) is 10.8 Å². The minimum Gasteiger partial charge on any atom is -0.370 e. The predicted octanol–water partition coefficient (Wildman–Crippen LogP) is 4.18. The van der Waals surface area contributed by atoms with Crippen LogP contribution in [-0.2, 0) is 11.3 Å². The van der Waals surface area contributed by atoms with Crippen LogP contribution in [0.5, 0.6) is 0 Å². The van der Waals surface area contributed by atoms with Gasteiger partial charge in [0.2, 0.25) is 0 Å². The van der Waals surface area contributed by atoms with Crippen LogP contribution in [0.2, 0.25) is 0 Å². The molecule has 2 fully saturated rings. The summed E-state index contributed by atoms with van der Waals surface area (Å²) in [6, 6.07) is 24.5. The summed E-state index contributed by atoms with van der Waals surface area (Å²) in [5.41, 5.74) is 1.02. The third-order valence-corrected chi connectivity index (χ3v) is 5.56. The second-order valence-corrected chi connectivity index (χ2v) is 6.85. The van der Waals surface area contributed by atoms with E-state index in [2.05, 4.69) is 12.1 Å². The Morgan fingerprint density at radius 3 is 2.04 bits per heavy atom. The van der Waals surface area contributed by atoms with Gasteiger partial charge in [-0.1, -0.05) is 60.7 Å². The van der Waals surface area contributed by atoms with Gasteiger partial charge >= 0.3 is 0 Å². The molecule has 0 saturated heterocycles. The zero-order valence-corrected chi connectivity index (χ0v) is 13.4. The molecule has 1 spiro atoms. The van der Waals surface area contributed by atoms with Crippen LogP contribution in [0.4, 0.5) is 0 Å². The van der Waals surface area contributed by atoms with Gasteiger partial charge in [0.25, 0.3) is 0 Å². The van der Waals surface area contributed by atoms with Gasteiger partial charge in [0.15, 0.2) is 5.41 Å². The van der Waals surface area contributed by atoms with Crippen molar-refractivity contribution in [2.45, 2.75) is 31.5 Å². The molecular weight excluding hydrogens is 296 g/mol. The van der Waals surface area contributed by atoms with Crippen LogP contribution >= 0.6 is 0 Å². The van der Waals surface area contributed by atoms with Crippen LogP contribution < -0.4 is 0 Å². The van der Waals surface area contributed by atoms with Crippen LogP contribution in [0.1, 0.15) is 29.9 Å². The molecule has 0 bridgehead atoms. The molecule has 24 heavy (non-hydrogen) atoms. The summed E-state index contributed by atoms with van der Waals surface area (Å²) in [5.74, 6) is -0.0537. The fourth-order valence-electron chi connectivity index (χ4n) is 4.37. The topological polar surface area (TPSA) is 56.8 Å². The molecule has 0 radical (unpaired) electrons. The van der Waals surface area contributed by atoms with Gasteiger partial charge < -0.3 is 4.74 Å². The minimum atomic E-state index is -1.09. The van der Waals surface area contributed by atoms with E-state index in [1.54, 1.807) is 0 Å². The Bertz CT molecular complexity index is 798. The van der Waals surface area contributed by atoms with E-state index in [9.17, 15) is 10.5 Å². The number of nitrogens with zero attached hydrogens (tertiary/aromatic N) is 2. The van der Waals surface area contributed by atoms with Gasteiger partial charge in [-0.05, 0) is 24.0 Å². The van der Waals surface area contributed by atoms with Crippen molar-refractivity contribution in [3.63, 3.8) is 0 Å². The lowest BCUT2D eigenvalue weighted by atomic mass is 9.48. The molecule has 4 rings (SSSR count). The van der Waals surface area contributed by atoms with Crippen molar-refractivity contribution >= 4 is 0 Å². The van der Waals surface area contributed by atoms with Crippen molar-refractivity contribution in [2.75, 3.05) is 0 Å². The van der Waals surface area contributed by atoms with Gasteiger partial charge in [-0.25, -0.2) is 0 Å². The Hall–Kier alpha value is -2.62. The van der Waals surface area contributed by atoms with Crippen molar-refractivity contribution in [1.29, 1.82) is 10.5 Å². The molecule has 2 unspecified atom stereocenters. The first-order chi connectivity index (χ1) is 11.8. The summed E-state index contributed by atoms with van der Waals surface area (Å²) in [5, 5.41) is 19.7. The molecule has 118 valence electrons. The Morgan fingerprint density at radius 1 is 0.917 bits per heavy atom. The molecule has 0 N–H and O–H groups in total. The Kier molecular flexibility index (Phi) is 3.41. The van der Waals surface area contributed by atoms with Crippen LogP contribution in [0.3, 0.4) is 0 Å². The highest BCUT2D eigenvalue weighted by molar-refractivity contribution is 5.46. The van der Waals surface area contributed by atoms with Gasteiger partial charge in [0, 0.05) is 11.3 Å². The first kappa shape index (κ1) is 14.9. The van der Waals surface area contributed by atoms with Crippen LogP contribution in [-0.4, -0.2) is 6.10 Å². The molecule has 2 atom stereocenters. The van der Waals surface area contributed by atoms with Gasteiger partial charge in [-0.2, -0.15) is 10.5 Å². The van der Waals surface area contributed by atoms with E-state index in [0.29, 0.717) is 6.61 Å². The van der Waals surface area contributed by atoms with Gasteiger partial charge in [0.05, 0.1) is 24.8 Å². The highest BCUT2D eigenvalue weighted by Crippen LogP contribution is 2.76. The molecular formula is C21H18N2O. The third kappa shape index (κ3) is 1.99. The van der Waals surface area contributed by atoms with E-state index < -0.39 is 5.41 Å². The SMILES string of the molecule is N#CC1(C#N)C(OCc2ccccc2)C2(CC2)C1c1ccccc1. The summed E-state index contributed by atoms with van der Waals surface area (Å²) in [4.78, 5) is 0. The molecule has 2 aromatic carbocycles. The lowest BCUT2D eigenvalue weighted by Crippen LogP contribution is -2.60. The summed E-state index contributed by atoms with van der Waals surface area (Å²) in [7, 11) is 0. The lowest BCUT2D eigenvalue weighted by molar-refractivity contribution is -0.147. The standard InChI is InChI=1S/C21H18N2O/c22-14-21(15-23)18(17-9-5-2-6-10-17)20(11-12-20)19(21)24-13-16-7-3-1-4-8-16/h1-10,18-19H,11-13H2. The zero-order chi connectivity index (χ0) is 16.6. The van der Waals surface area contributed by atoms with Gasteiger partial charge in [-0.3, -0.25) is 0 Å². The summed E-state index contributed by atoms with van der Waals surface area (Å²) in [6.07, 6.45) is 1.74. The molecule has 2 aliphatic rings. The maximum absolute atomic E-state index is 9.84. The van der Waals surface area contributed by atoms with E-state index in [1.165, 1.54) is 0 Å². The minimum absolute atomic E-state index is 0.0401. The van der Waals surface area contributed by atoms with Crippen molar-refractivity contribution in [3.05, 3.63) is 71.8 Å². The number of hydrogen-bond donors (Lipinski definition) is 0. The van der Waals surface area contributed by atoms with E-state index >= 15 is 0 Å². The number of benzene rings is 2. The fourth-order valence-corrected chi connectivity index (χ4v) is 4.37. The van der Waals surface area contributed by atoms with Crippen LogP contribution in [0.15, 0.2) is 60.7 Å². The number of rotatable bonds is 4. The maximum Gasteiger partial charge on any atom is 0.177 e. The first-order valence-corrected chi connectivity index (χ1v) is 8.30. The van der Waals surface area contributed by atoms with Crippen molar-refractivity contribution in [1.82, 2.24) is 0 Å². The van der Waals surface area contributed by atoms with Crippen LogP contribution in [0.25, 0.3) is 0 Å². The highest BCUT2D eigenvalue weighted by Gasteiger charge is 2.78. The quantitative estimate of drug-likeness (QED) is 0.850. The van der Waals surface area contributed by atoms with E-state index in [-0.39, 0.29) is 17.4 Å². The monoisotopic (exact) mass is 314 g/mol. The predicted molar refractivity (Wildman–Crippen MR) is 89.5 cm³/mol. The smallest absolute Gasteiger partial charge is 0.177 e. The largest absolute Gasteiger partial charge is 0.370 e. The molecule has 3 heteroatoms. The average Bonchev–Trinajstić information content (AvgIpc) is 3.44. The second kappa shape index (κ2) is 5.48. The maximum atomic E-state index is 9.84. The lowest BCUT2D eigenvalue weighted by Gasteiger charge is -2.55. The van der Waals surface area contributed by atoms with Gasteiger partial charge in [-0.15, -0.1) is 0 Å². The molecule has 0 amide bonds. The first-order valence-electron chi connectivity index (χ1n) is 8.30. The Labute approximate surface area is 142 Å². The second-order valence-electron chi connectivity index (χ2n) is 6.85. The van der Waals surface area contributed by atoms with Crippen molar-refractivity contribution in [3.8, 4) is 12.1 Å². The zero-order valence-electron chi connectivity index (χ0n) is 13.4. The molecule has 0 heterocycles. The Morgan fingerprint density at radius 2 is 1.50 bits per heavy atom. The number of hydrogen-bond acceptors (Lipinski definition) is 3. The van der Waals surface area contributed by atoms with E-state index in [1.807, 2.05) is 60.7 Å². The summed E-state index contributed by atoms with van der Waals surface area (Å²) in [6.45, 7) is 0.444. The molecule has 0 aliphatic heterocycles. The third-order valence-electron chi connectivity index (χ3n) is 5.56. The van der Waals surface area contributed by atoms with E-state index in [0.717, 1.165) is 24.0 Å². The molecule has 2 aromatic rings. The highest BCUT2D eigenvalue weighted by atomic mass is 16.5. The normalized spacial score (nSPS) is 25.2. The number of nitriles is 2. The van der Waals surface area contributed by atoms with Crippen LogP contribution in [0, 0.1) is 33.5 Å². The molecule has 2 aliphatic carbocycles. The molecule has 3 nitrogen and oxygen atoms in total. The number of ether oxygens (including phenoxy) is 1. The molecule has 2 saturated carbocycles.